The van der Waals surface area contributed by atoms with Crippen LogP contribution in [0.15, 0.2) is 0 Å². The van der Waals surface area contributed by atoms with E-state index in [1.54, 1.807) is 0 Å². The molecule has 4 heteroatoms. The van der Waals surface area contributed by atoms with Crippen LogP contribution in [0.5, 0.6) is 0 Å². The summed E-state index contributed by atoms with van der Waals surface area (Å²) in [6, 6.07) is 1.59. The molecule has 0 amide bonds. The lowest BCUT2D eigenvalue weighted by Gasteiger charge is -2.40. The first-order valence-corrected chi connectivity index (χ1v) is 7.82. The molecule has 1 saturated heterocycles. The van der Waals surface area contributed by atoms with Crippen LogP contribution in [-0.4, -0.2) is 60.0 Å². The van der Waals surface area contributed by atoms with Crippen molar-refractivity contribution in [2.45, 2.75) is 70.1 Å². The Morgan fingerprint density at radius 2 is 2.26 bits per heavy atom. The Balaban J connectivity index is 1.99. The standard InChI is InChI=1S/C15H30N2O2/c1-4-13-10-19-8-7-17(13)14-5-6-15(9-14,11-18)16-12(2)3/h12-14,16,18H,4-11H2,1-3H3. The zero-order valence-corrected chi connectivity index (χ0v) is 12.7. The number of hydrogen-bond donors (Lipinski definition) is 2. The van der Waals surface area contributed by atoms with Gasteiger partial charge in [-0.1, -0.05) is 20.8 Å². The molecule has 0 aromatic heterocycles. The van der Waals surface area contributed by atoms with Crippen LogP contribution in [0.3, 0.4) is 0 Å². The highest BCUT2D eigenvalue weighted by molar-refractivity contribution is 5.01. The summed E-state index contributed by atoms with van der Waals surface area (Å²) in [5.41, 5.74) is -0.0601. The molecule has 2 aliphatic rings. The molecule has 0 bridgehead atoms. The van der Waals surface area contributed by atoms with Gasteiger partial charge in [0.1, 0.15) is 0 Å². The van der Waals surface area contributed by atoms with Crippen molar-refractivity contribution in [1.82, 2.24) is 10.2 Å². The lowest BCUT2D eigenvalue weighted by Crippen LogP contribution is -2.53. The van der Waals surface area contributed by atoms with Crippen LogP contribution in [-0.2, 0) is 4.74 Å². The predicted molar refractivity (Wildman–Crippen MR) is 77.3 cm³/mol. The summed E-state index contributed by atoms with van der Waals surface area (Å²) >= 11 is 0. The number of nitrogens with one attached hydrogen (secondary N) is 1. The fraction of sp³-hybridized carbons (Fsp3) is 1.00. The van der Waals surface area contributed by atoms with Gasteiger partial charge in [0.2, 0.25) is 0 Å². The molecule has 0 aromatic carbocycles. The van der Waals surface area contributed by atoms with Crippen molar-refractivity contribution in [1.29, 1.82) is 0 Å². The second-order valence-electron chi connectivity index (χ2n) is 6.51. The van der Waals surface area contributed by atoms with Crippen molar-refractivity contribution in [2.75, 3.05) is 26.4 Å². The highest BCUT2D eigenvalue weighted by Crippen LogP contribution is 2.35. The molecule has 0 spiro atoms. The molecule has 1 heterocycles. The Hall–Kier alpha value is -0.160. The Labute approximate surface area is 117 Å². The normalized spacial score (nSPS) is 37.1. The van der Waals surface area contributed by atoms with E-state index in [4.69, 9.17) is 4.74 Å². The molecule has 3 atom stereocenters. The molecule has 1 aliphatic heterocycles. The van der Waals surface area contributed by atoms with Gasteiger partial charge >= 0.3 is 0 Å². The highest BCUT2D eigenvalue weighted by atomic mass is 16.5. The summed E-state index contributed by atoms with van der Waals surface area (Å²) in [5, 5.41) is 13.4. The maximum Gasteiger partial charge on any atom is 0.0622 e. The zero-order chi connectivity index (χ0) is 13.9. The van der Waals surface area contributed by atoms with Crippen LogP contribution < -0.4 is 5.32 Å². The number of aliphatic hydroxyl groups is 1. The number of morpholine rings is 1. The molecule has 1 aliphatic carbocycles. The van der Waals surface area contributed by atoms with E-state index >= 15 is 0 Å². The quantitative estimate of drug-likeness (QED) is 0.792. The average Bonchev–Trinajstić information content (AvgIpc) is 2.82. The number of ether oxygens (including phenoxy) is 1. The van der Waals surface area contributed by atoms with Crippen LogP contribution in [0, 0.1) is 0 Å². The third kappa shape index (κ3) is 3.48. The number of nitrogens with zero attached hydrogens (tertiary/aromatic N) is 1. The van der Waals surface area contributed by atoms with Crippen LogP contribution >= 0.6 is 0 Å². The van der Waals surface area contributed by atoms with E-state index in [0.29, 0.717) is 18.1 Å². The molecule has 112 valence electrons. The van der Waals surface area contributed by atoms with Gasteiger partial charge < -0.3 is 15.2 Å². The fourth-order valence-electron chi connectivity index (χ4n) is 3.81. The summed E-state index contributed by atoms with van der Waals surface area (Å²) in [4.78, 5) is 2.63. The van der Waals surface area contributed by atoms with Crippen LogP contribution in [0.2, 0.25) is 0 Å². The molecule has 2 fully saturated rings. The van der Waals surface area contributed by atoms with E-state index in [9.17, 15) is 5.11 Å². The third-order valence-electron chi connectivity index (χ3n) is 4.69. The second-order valence-corrected chi connectivity index (χ2v) is 6.51. The minimum Gasteiger partial charge on any atom is -0.394 e. The largest absolute Gasteiger partial charge is 0.394 e. The van der Waals surface area contributed by atoms with Gasteiger partial charge in [0.15, 0.2) is 0 Å². The van der Waals surface area contributed by atoms with Gasteiger partial charge in [-0.15, -0.1) is 0 Å². The van der Waals surface area contributed by atoms with Gasteiger partial charge in [0.25, 0.3) is 0 Å². The monoisotopic (exact) mass is 270 g/mol. The summed E-state index contributed by atoms with van der Waals surface area (Å²) in [6.45, 7) is 9.60. The number of rotatable bonds is 5. The van der Waals surface area contributed by atoms with Crippen molar-refractivity contribution >= 4 is 0 Å². The lowest BCUT2D eigenvalue weighted by molar-refractivity contribution is -0.0309. The SMILES string of the molecule is CCC1COCCN1C1CCC(CO)(NC(C)C)C1. The Morgan fingerprint density at radius 3 is 2.89 bits per heavy atom. The number of aliphatic hydroxyl groups excluding tert-OH is 1. The van der Waals surface area contributed by atoms with E-state index in [1.807, 2.05) is 0 Å². The van der Waals surface area contributed by atoms with Crippen LogP contribution in [0.4, 0.5) is 0 Å². The molecule has 0 aromatic rings. The summed E-state index contributed by atoms with van der Waals surface area (Å²) < 4.78 is 5.60. The minimum absolute atomic E-state index is 0.0601. The van der Waals surface area contributed by atoms with Gasteiger partial charge in [0.05, 0.1) is 19.8 Å². The molecule has 19 heavy (non-hydrogen) atoms. The number of hydrogen-bond acceptors (Lipinski definition) is 4. The highest BCUT2D eigenvalue weighted by Gasteiger charge is 2.42. The topological polar surface area (TPSA) is 44.7 Å². The van der Waals surface area contributed by atoms with Crippen LogP contribution in [0.1, 0.15) is 46.5 Å². The van der Waals surface area contributed by atoms with Crippen LogP contribution in [0.25, 0.3) is 0 Å². The van der Waals surface area contributed by atoms with Gasteiger partial charge in [-0.3, -0.25) is 4.90 Å². The molecular weight excluding hydrogens is 240 g/mol. The van der Waals surface area contributed by atoms with E-state index in [2.05, 4.69) is 31.0 Å². The van der Waals surface area contributed by atoms with Crippen molar-refractivity contribution in [3.8, 4) is 0 Å². The first kappa shape index (κ1) is 15.2. The first-order chi connectivity index (χ1) is 9.10. The maximum absolute atomic E-state index is 9.80. The van der Waals surface area contributed by atoms with E-state index < -0.39 is 0 Å². The summed E-state index contributed by atoms with van der Waals surface area (Å²) in [6.07, 6.45) is 4.50. The Kier molecular flexibility index (Phi) is 5.23. The smallest absolute Gasteiger partial charge is 0.0622 e. The third-order valence-corrected chi connectivity index (χ3v) is 4.69. The summed E-state index contributed by atoms with van der Waals surface area (Å²) in [7, 11) is 0. The fourth-order valence-corrected chi connectivity index (χ4v) is 3.81. The molecule has 4 nitrogen and oxygen atoms in total. The average molecular weight is 270 g/mol. The van der Waals surface area contributed by atoms with Gasteiger partial charge in [-0.25, -0.2) is 0 Å². The minimum atomic E-state index is -0.0601. The first-order valence-electron chi connectivity index (χ1n) is 7.82. The van der Waals surface area contributed by atoms with Crippen molar-refractivity contribution in [2.24, 2.45) is 0 Å². The van der Waals surface area contributed by atoms with E-state index in [0.717, 1.165) is 39.0 Å². The van der Waals surface area contributed by atoms with Crippen molar-refractivity contribution in [3.63, 3.8) is 0 Å². The zero-order valence-electron chi connectivity index (χ0n) is 12.7. The predicted octanol–water partition coefficient (Wildman–Crippen LogP) is 1.38. The molecule has 0 radical (unpaired) electrons. The summed E-state index contributed by atoms with van der Waals surface area (Å²) in [5.74, 6) is 0. The maximum atomic E-state index is 9.80. The van der Waals surface area contributed by atoms with Crippen molar-refractivity contribution in [3.05, 3.63) is 0 Å². The Morgan fingerprint density at radius 1 is 1.47 bits per heavy atom. The van der Waals surface area contributed by atoms with Gasteiger partial charge in [-0.05, 0) is 25.7 Å². The second kappa shape index (κ2) is 6.53. The van der Waals surface area contributed by atoms with Gasteiger partial charge in [-0.2, -0.15) is 0 Å². The molecule has 1 saturated carbocycles. The van der Waals surface area contributed by atoms with E-state index in [-0.39, 0.29) is 12.1 Å². The van der Waals surface area contributed by atoms with E-state index in [1.165, 1.54) is 6.42 Å². The molecule has 2 N–H and O–H groups in total. The Bertz CT molecular complexity index is 285. The van der Waals surface area contributed by atoms with Crippen molar-refractivity contribution < 1.29 is 9.84 Å². The molecule has 2 rings (SSSR count). The van der Waals surface area contributed by atoms with Gasteiger partial charge in [0, 0.05) is 30.2 Å². The lowest BCUT2D eigenvalue weighted by atomic mass is 9.96. The molecule has 3 unspecified atom stereocenters. The molecular formula is C15H30N2O2.